The van der Waals surface area contributed by atoms with Crippen molar-refractivity contribution in [2.24, 2.45) is 0 Å². The molecule has 0 atom stereocenters. The van der Waals surface area contributed by atoms with Gasteiger partial charge in [0.1, 0.15) is 0 Å². The van der Waals surface area contributed by atoms with Crippen molar-refractivity contribution in [1.29, 1.82) is 0 Å². The van der Waals surface area contributed by atoms with E-state index in [-0.39, 0.29) is 11.8 Å². The molecule has 2 aliphatic heterocycles. The van der Waals surface area contributed by atoms with Gasteiger partial charge in [0.05, 0.1) is 11.3 Å². The maximum atomic E-state index is 12.7. The maximum Gasteiger partial charge on any atom is 0.255 e. The predicted molar refractivity (Wildman–Crippen MR) is 82.8 cm³/mol. The van der Waals surface area contributed by atoms with E-state index in [1.807, 2.05) is 4.90 Å². The first kappa shape index (κ1) is 14.4. The van der Waals surface area contributed by atoms with Gasteiger partial charge in [0.15, 0.2) is 0 Å². The van der Waals surface area contributed by atoms with Crippen LogP contribution < -0.4 is 4.90 Å². The lowest BCUT2D eigenvalue weighted by molar-refractivity contribution is -0.117. The van der Waals surface area contributed by atoms with Crippen molar-refractivity contribution >= 4 is 29.1 Å². The Bertz CT molecular complexity index is 567. The highest BCUT2D eigenvalue weighted by Gasteiger charge is 2.28. The summed E-state index contributed by atoms with van der Waals surface area (Å²) in [6.45, 7) is 2.27. The van der Waals surface area contributed by atoms with Crippen LogP contribution in [-0.4, -0.2) is 36.3 Å². The van der Waals surface area contributed by atoms with E-state index in [1.54, 1.807) is 23.1 Å². The molecule has 0 unspecified atom stereocenters. The fourth-order valence-electron chi connectivity index (χ4n) is 3.08. The van der Waals surface area contributed by atoms with E-state index in [0.29, 0.717) is 29.2 Å². The van der Waals surface area contributed by atoms with Crippen molar-refractivity contribution in [3.05, 3.63) is 28.8 Å². The molecule has 2 heterocycles. The maximum absolute atomic E-state index is 12.7. The molecular weight excluding hydrogens is 288 g/mol. The van der Waals surface area contributed by atoms with Crippen molar-refractivity contribution in [3.8, 4) is 0 Å². The third-order valence-electron chi connectivity index (χ3n) is 4.20. The Morgan fingerprint density at radius 2 is 1.81 bits per heavy atom. The van der Waals surface area contributed by atoms with Crippen molar-refractivity contribution in [2.45, 2.75) is 32.1 Å². The van der Waals surface area contributed by atoms with Crippen LogP contribution in [0.2, 0.25) is 5.02 Å². The molecular formula is C16H19ClN2O2. The van der Waals surface area contributed by atoms with Crippen molar-refractivity contribution in [3.63, 3.8) is 0 Å². The molecule has 0 radical (unpaired) electrons. The minimum atomic E-state index is 0.0149. The van der Waals surface area contributed by atoms with Gasteiger partial charge in [0, 0.05) is 31.1 Å². The summed E-state index contributed by atoms with van der Waals surface area (Å²) < 4.78 is 0. The lowest BCUT2D eigenvalue weighted by atomic mass is 10.1. The molecule has 5 heteroatoms. The van der Waals surface area contributed by atoms with E-state index in [9.17, 15) is 9.59 Å². The van der Waals surface area contributed by atoms with Crippen molar-refractivity contribution < 1.29 is 9.59 Å². The summed E-state index contributed by atoms with van der Waals surface area (Å²) in [5.41, 5.74) is 1.26. The molecule has 0 aliphatic carbocycles. The molecule has 21 heavy (non-hydrogen) atoms. The zero-order valence-electron chi connectivity index (χ0n) is 12.0. The number of carbonyl (C=O) groups is 2. The van der Waals surface area contributed by atoms with Crippen LogP contribution in [0.3, 0.4) is 0 Å². The Morgan fingerprint density at radius 1 is 1.05 bits per heavy atom. The molecule has 3 rings (SSSR count). The Balaban J connectivity index is 1.93. The summed E-state index contributed by atoms with van der Waals surface area (Å²) in [5.74, 6) is 0.0889. The number of hydrogen-bond acceptors (Lipinski definition) is 2. The average molecular weight is 307 g/mol. The van der Waals surface area contributed by atoms with Gasteiger partial charge in [-0.15, -0.1) is 0 Å². The summed E-state index contributed by atoms with van der Waals surface area (Å²) in [6, 6.07) is 5.21. The van der Waals surface area contributed by atoms with Crippen LogP contribution in [0.15, 0.2) is 18.2 Å². The lowest BCUT2D eigenvalue weighted by Crippen LogP contribution is -2.37. The molecule has 112 valence electrons. The Morgan fingerprint density at radius 3 is 2.48 bits per heavy atom. The van der Waals surface area contributed by atoms with Gasteiger partial charge in [-0.2, -0.15) is 0 Å². The Kier molecular flexibility index (Phi) is 4.15. The molecule has 2 saturated heterocycles. The standard InChI is InChI=1S/C16H19ClN2O2/c17-12-6-7-13(16(21)18-8-2-1-3-9-18)14(11-12)19-10-4-5-15(19)20/h6-7,11H,1-5,8-10H2. The Labute approximate surface area is 129 Å². The first-order valence-electron chi connectivity index (χ1n) is 7.56. The minimum absolute atomic E-state index is 0.0149. The number of halogens is 1. The summed E-state index contributed by atoms with van der Waals surface area (Å²) >= 11 is 6.07. The quantitative estimate of drug-likeness (QED) is 0.842. The van der Waals surface area contributed by atoms with E-state index in [4.69, 9.17) is 11.6 Å². The molecule has 0 spiro atoms. The van der Waals surface area contributed by atoms with Crippen LogP contribution in [0, 0.1) is 0 Å². The molecule has 2 aliphatic rings. The monoisotopic (exact) mass is 306 g/mol. The van der Waals surface area contributed by atoms with Crippen molar-refractivity contribution in [1.82, 2.24) is 4.90 Å². The number of hydrogen-bond donors (Lipinski definition) is 0. The van der Waals surface area contributed by atoms with Crippen LogP contribution in [0.4, 0.5) is 5.69 Å². The first-order valence-corrected chi connectivity index (χ1v) is 7.94. The molecule has 1 aromatic carbocycles. The van der Waals surface area contributed by atoms with Gasteiger partial charge in [0.25, 0.3) is 5.91 Å². The third kappa shape index (κ3) is 2.91. The van der Waals surface area contributed by atoms with E-state index >= 15 is 0 Å². The number of rotatable bonds is 2. The molecule has 2 amide bonds. The summed E-state index contributed by atoms with van der Waals surface area (Å²) in [6.07, 6.45) is 4.67. The van der Waals surface area contributed by atoms with Gasteiger partial charge in [-0.25, -0.2) is 0 Å². The zero-order valence-corrected chi connectivity index (χ0v) is 12.7. The molecule has 4 nitrogen and oxygen atoms in total. The topological polar surface area (TPSA) is 40.6 Å². The van der Waals surface area contributed by atoms with Crippen LogP contribution in [0.25, 0.3) is 0 Å². The second kappa shape index (κ2) is 6.06. The second-order valence-corrected chi connectivity index (χ2v) is 6.10. The van der Waals surface area contributed by atoms with E-state index in [1.165, 1.54) is 6.42 Å². The fourth-order valence-corrected chi connectivity index (χ4v) is 3.25. The third-order valence-corrected chi connectivity index (χ3v) is 4.43. The van der Waals surface area contributed by atoms with Crippen LogP contribution >= 0.6 is 11.6 Å². The Hall–Kier alpha value is -1.55. The second-order valence-electron chi connectivity index (χ2n) is 5.66. The van der Waals surface area contributed by atoms with Gasteiger partial charge < -0.3 is 9.80 Å². The largest absolute Gasteiger partial charge is 0.339 e. The normalized spacial score (nSPS) is 19.2. The highest BCUT2D eigenvalue weighted by molar-refractivity contribution is 6.31. The van der Waals surface area contributed by atoms with Gasteiger partial charge in [-0.3, -0.25) is 9.59 Å². The summed E-state index contributed by atoms with van der Waals surface area (Å²) in [4.78, 5) is 28.3. The number of carbonyl (C=O) groups excluding carboxylic acids is 2. The van der Waals surface area contributed by atoms with Gasteiger partial charge >= 0.3 is 0 Å². The van der Waals surface area contributed by atoms with Gasteiger partial charge in [-0.1, -0.05) is 11.6 Å². The average Bonchev–Trinajstić information content (AvgIpc) is 2.93. The highest BCUT2D eigenvalue weighted by atomic mass is 35.5. The lowest BCUT2D eigenvalue weighted by Gasteiger charge is -2.28. The molecule has 0 N–H and O–H groups in total. The van der Waals surface area contributed by atoms with Crippen LogP contribution in [0.5, 0.6) is 0 Å². The highest BCUT2D eigenvalue weighted by Crippen LogP contribution is 2.30. The molecule has 0 bridgehead atoms. The number of anilines is 1. The summed E-state index contributed by atoms with van der Waals surface area (Å²) in [7, 11) is 0. The first-order chi connectivity index (χ1) is 10.2. The van der Waals surface area contributed by atoms with Crippen LogP contribution in [0.1, 0.15) is 42.5 Å². The van der Waals surface area contributed by atoms with E-state index in [2.05, 4.69) is 0 Å². The number of amides is 2. The summed E-state index contributed by atoms with van der Waals surface area (Å²) in [5, 5.41) is 0.555. The minimum Gasteiger partial charge on any atom is -0.339 e. The molecule has 1 aromatic rings. The van der Waals surface area contributed by atoms with Crippen LogP contribution in [-0.2, 0) is 4.79 Å². The smallest absolute Gasteiger partial charge is 0.255 e. The molecule has 0 saturated carbocycles. The van der Waals surface area contributed by atoms with E-state index < -0.39 is 0 Å². The molecule has 0 aromatic heterocycles. The fraction of sp³-hybridized carbons (Fsp3) is 0.500. The number of benzene rings is 1. The predicted octanol–water partition coefficient (Wildman–Crippen LogP) is 3.09. The molecule has 2 fully saturated rings. The van der Waals surface area contributed by atoms with Crippen molar-refractivity contribution in [2.75, 3.05) is 24.5 Å². The van der Waals surface area contributed by atoms with Gasteiger partial charge in [0.2, 0.25) is 5.91 Å². The zero-order chi connectivity index (χ0) is 14.8. The SMILES string of the molecule is O=C(c1ccc(Cl)cc1N1CCCC1=O)N1CCCCC1. The van der Waals surface area contributed by atoms with Gasteiger partial charge in [-0.05, 0) is 43.9 Å². The number of piperidine rings is 1. The van der Waals surface area contributed by atoms with E-state index in [0.717, 1.165) is 32.4 Å². The number of likely N-dealkylation sites (tertiary alicyclic amines) is 1. The number of nitrogens with zero attached hydrogens (tertiary/aromatic N) is 2.